The monoisotopic (exact) mass is 405 g/mol. The van der Waals surface area contributed by atoms with Crippen LogP contribution in [-0.2, 0) is 0 Å². The van der Waals surface area contributed by atoms with E-state index in [1.165, 1.54) is 25.3 Å². The molecule has 2 heterocycles. The number of nitrogens with one attached hydrogen (secondary N) is 1. The molecule has 0 radical (unpaired) electrons. The van der Waals surface area contributed by atoms with Crippen molar-refractivity contribution in [3.63, 3.8) is 0 Å². The molecule has 150 valence electrons. The number of hydrogen-bond acceptors (Lipinski definition) is 6. The van der Waals surface area contributed by atoms with Gasteiger partial charge in [-0.05, 0) is 29.8 Å². The molecule has 0 fully saturated rings. The molecule has 2 amide bonds. The van der Waals surface area contributed by atoms with Gasteiger partial charge in [-0.1, -0.05) is 18.2 Å². The number of fused-ring (bicyclic) bond motifs is 1. The zero-order valence-electron chi connectivity index (χ0n) is 15.6. The van der Waals surface area contributed by atoms with E-state index in [0.717, 1.165) is 10.6 Å². The summed E-state index contributed by atoms with van der Waals surface area (Å²) in [5.41, 5.74) is 6.04. The minimum atomic E-state index is -1.21. The minimum absolute atomic E-state index is 0.0648. The number of nitrogen functional groups attached to an aromatic ring is 1. The Balaban J connectivity index is 2.06. The summed E-state index contributed by atoms with van der Waals surface area (Å²) in [6.45, 7) is 0. The van der Waals surface area contributed by atoms with E-state index in [9.17, 15) is 24.3 Å². The molecular weight excluding hydrogens is 390 g/mol. The highest BCUT2D eigenvalue weighted by molar-refractivity contribution is 6.23. The first-order chi connectivity index (χ1) is 14.3. The molecule has 4 rings (SSSR count). The fraction of sp³-hybridized carbons (Fsp3) is 0.0476. The number of methoxy groups -OCH3 is 1. The number of amides is 2. The summed E-state index contributed by atoms with van der Waals surface area (Å²) in [6.07, 6.45) is 0. The van der Waals surface area contributed by atoms with E-state index < -0.39 is 23.3 Å². The highest BCUT2D eigenvalue weighted by Gasteiger charge is 2.32. The summed E-state index contributed by atoms with van der Waals surface area (Å²) in [7, 11) is 1.50. The van der Waals surface area contributed by atoms with E-state index in [1.54, 1.807) is 24.3 Å². The SMILES string of the molecule is COc1ccc(-c2c(C(=O)O)cccc2-n2c(N)c3c(cc2=O)C(=O)NC3=O)cc1. The summed E-state index contributed by atoms with van der Waals surface area (Å²) in [5, 5.41) is 11.8. The van der Waals surface area contributed by atoms with Crippen LogP contribution in [0, 0.1) is 0 Å². The van der Waals surface area contributed by atoms with E-state index in [-0.39, 0.29) is 33.8 Å². The Morgan fingerprint density at radius 2 is 1.73 bits per heavy atom. The third-order valence-corrected chi connectivity index (χ3v) is 4.85. The first kappa shape index (κ1) is 18.9. The van der Waals surface area contributed by atoms with Gasteiger partial charge in [0.25, 0.3) is 17.4 Å². The molecule has 0 saturated carbocycles. The number of carbonyl (C=O) groups excluding carboxylic acids is 2. The van der Waals surface area contributed by atoms with Crippen LogP contribution in [0.3, 0.4) is 0 Å². The number of aromatic nitrogens is 1. The number of carboxylic acids is 1. The van der Waals surface area contributed by atoms with Crippen LogP contribution >= 0.6 is 0 Å². The number of anilines is 1. The minimum Gasteiger partial charge on any atom is -0.497 e. The van der Waals surface area contributed by atoms with Crippen LogP contribution in [-0.4, -0.2) is 34.6 Å². The van der Waals surface area contributed by atoms with Gasteiger partial charge < -0.3 is 15.6 Å². The molecule has 0 atom stereocenters. The number of benzene rings is 2. The number of nitrogens with zero attached hydrogens (tertiary/aromatic N) is 1. The second-order valence-corrected chi connectivity index (χ2v) is 6.51. The molecular formula is C21H15N3O6. The number of aromatic carboxylic acids is 1. The number of carbonyl (C=O) groups is 3. The Labute approximate surface area is 169 Å². The molecule has 1 aliphatic rings. The maximum atomic E-state index is 12.8. The number of pyridine rings is 1. The van der Waals surface area contributed by atoms with Crippen molar-refractivity contribution in [1.82, 2.24) is 9.88 Å². The van der Waals surface area contributed by atoms with Gasteiger partial charge in [0.15, 0.2) is 0 Å². The average Bonchev–Trinajstić information content (AvgIpc) is 3.01. The smallest absolute Gasteiger partial charge is 0.336 e. The molecule has 0 aliphatic carbocycles. The summed E-state index contributed by atoms with van der Waals surface area (Å²) in [6, 6.07) is 12.0. The summed E-state index contributed by atoms with van der Waals surface area (Å²) in [5.74, 6) is -2.32. The van der Waals surface area contributed by atoms with Crippen LogP contribution in [0.1, 0.15) is 31.1 Å². The van der Waals surface area contributed by atoms with Crippen molar-refractivity contribution in [1.29, 1.82) is 0 Å². The zero-order chi connectivity index (χ0) is 21.6. The van der Waals surface area contributed by atoms with Gasteiger partial charge in [0.1, 0.15) is 11.6 Å². The number of rotatable bonds is 4. The Kier molecular flexibility index (Phi) is 4.35. The van der Waals surface area contributed by atoms with Crippen LogP contribution in [0.2, 0.25) is 0 Å². The molecule has 3 aromatic rings. The van der Waals surface area contributed by atoms with Crippen molar-refractivity contribution in [3.8, 4) is 22.6 Å². The highest BCUT2D eigenvalue weighted by Crippen LogP contribution is 2.33. The van der Waals surface area contributed by atoms with Crippen molar-refractivity contribution in [2.24, 2.45) is 0 Å². The van der Waals surface area contributed by atoms with E-state index in [4.69, 9.17) is 10.5 Å². The maximum absolute atomic E-state index is 12.8. The van der Waals surface area contributed by atoms with Crippen LogP contribution < -0.4 is 21.3 Å². The Morgan fingerprint density at radius 3 is 2.37 bits per heavy atom. The molecule has 9 nitrogen and oxygen atoms in total. The normalized spacial score (nSPS) is 12.4. The van der Waals surface area contributed by atoms with E-state index in [2.05, 4.69) is 5.32 Å². The molecule has 4 N–H and O–H groups in total. The molecule has 0 spiro atoms. The van der Waals surface area contributed by atoms with Crippen LogP contribution in [0.5, 0.6) is 5.75 Å². The zero-order valence-corrected chi connectivity index (χ0v) is 15.6. The molecule has 0 saturated heterocycles. The average molecular weight is 405 g/mol. The van der Waals surface area contributed by atoms with Gasteiger partial charge in [-0.3, -0.25) is 24.3 Å². The lowest BCUT2D eigenvalue weighted by Crippen LogP contribution is -2.25. The standard InChI is InChI=1S/C21H15N3O6/c1-30-11-7-5-10(6-8-11)16-12(21(28)29)3-2-4-14(16)24-15(25)9-13-17(18(24)22)20(27)23-19(13)26/h2-9H,22H2,1H3,(H,28,29)(H,23,26,27). The first-order valence-electron chi connectivity index (χ1n) is 8.75. The number of nitrogens with two attached hydrogens (primary N) is 1. The largest absolute Gasteiger partial charge is 0.497 e. The number of ether oxygens (including phenoxy) is 1. The van der Waals surface area contributed by atoms with Crippen LogP contribution in [0.25, 0.3) is 16.8 Å². The molecule has 0 unspecified atom stereocenters. The summed E-state index contributed by atoms with van der Waals surface area (Å²) < 4.78 is 6.17. The van der Waals surface area contributed by atoms with Gasteiger partial charge in [0.05, 0.1) is 29.5 Å². The van der Waals surface area contributed by atoms with Crippen LogP contribution in [0.15, 0.2) is 53.3 Å². The van der Waals surface area contributed by atoms with Gasteiger partial charge in [-0.15, -0.1) is 0 Å². The first-order valence-corrected chi connectivity index (χ1v) is 8.75. The molecule has 2 aromatic carbocycles. The van der Waals surface area contributed by atoms with Crippen molar-refractivity contribution >= 4 is 23.6 Å². The van der Waals surface area contributed by atoms with E-state index >= 15 is 0 Å². The molecule has 1 aliphatic heterocycles. The molecule has 0 bridgehead atoms. The van der Waals surface area contributed by atoms with Crippen molar-refractivity contribution in [3.05, 3.63) is 75.6 Å². The fourth-order valence-corrected chi connectivity index (χ4v) is 3.49. The van der Waals surface area contributed by atoms with Crippen LogP contribution in [0.4, 0.5) is 5.82 Å². The predicted molar refractivity (Wildman–Crippen MR) is 107 cm³/mol. The predicted octanol–water partition coefficient (Wildman–Crippen LogP) is 1.68. The molecule has 1 aromatic heterocycles. The van der Waals surface area contributed by atoms with Crippen molar-refractivity contribution in [2.75, 3.05) is 12.8 Å². The highest BCUT2D eigenvalue weighted by atomic mass is 16.5. The third kappa shape index (κ3) is 2.80. The Hall–Kier alpha value is -4.40. The van der Waals surface area contributed by atoms with Gasteiger partial charge in [0.2, 0.25) is 0 Å². The fourth-order valence-electron chi connectivity index (χ4n) is 3.49. The maximum Gasteiger partial charge on any atom is 0.336 e. The second-order valence-electron chi connectivity index (χ2n) is 6.51. The Morgan fingerprint density at radius 1 is 1.03 bits per heavy atom. The van der Waals surface area contributed by atoms with Gasteiger partial charge in [-0.25, -0.2) is 4.79 Å². The quantitative estimate of drug-likeness (QED) is 0.561. The molecule has 30 heavy (non-hydrogen) atoms. The Bertz CT molecular complexity index is 1290. The van der Waals surface area contributed by atoms with E-state index in [1.807, 2.05) is 0 Å². The lowest BCUT2D eigenvalue weighted by atomic mass is 9.97. The topological polar surface area (TPSA) is 141 Å². The second kappa shape index (κ2) is 6.89. The number of imide groups is 1. The summed E-state index contributed by atoms with van der Waals surface area (Å²) >= 11 is 0. The number of hydrogen-bond donors (Lipinski definition) is 3. The van der Waals surface area contributed by atoms with Crippen molar-refractivity contribution < 1.29 is 24.2 Å². The van der Waals surface area contributed by atoms with Gasteiger partial charge in [-0.2, -0.15) is 0 Å². The van der Waals surface area contributed by atoms with Crippen molar-refractivity contribution in [2.45, 2.75) is 0 Å². The lowest BCUT2D eigenvalue weighted by molar-refractivity contribution is 0.0696. The third-order valence-electron chi connectivity index (χ3n) is 4.85. The van der Waals surface area contributed by atoms with Gasteiger partial charge >= 0.3 is 5.97 Å². The lowest BCUT2D eigenvalue weighted by Gasteiger charge is -2.18. The molecule has 9 heteroatoms. The number of carboxylic acid groups (broad SMARTS) is 1. The summed E-state index contributed by atoms with van der Waals surface area (Å²) in [4.78, 5) is 48.8. The van der Waals surface area contributed by atoms with Gasteiger partial charge in [0, 0.05) is 11.6 Å². The van der Waals surface area contributed by atoms with E-state index in [0.29, 0.717) is 11.3 Å².